The number of aryl methyl sites for hydroxylation is 1. The van der Waals surface area contributed by atoms with E-state index in [1.165, 1.54) is 0 Å². The maximum atomic E-state index is 11.3. The van der Waals surface area contributed by atoms with Crippen LogP contribution in [0.1, 0.15) is 26.1 Å². The number of benzene rings is 1. The molecule has 0 bridgehead atoms. The van der Waals surface area contributed by atoms with Crippen LogP contribution in [0.4, 0.5) is 5.82 Å². The average Bonchev–Trinajstić information content (AvgIpc) is 2.90. The van der Waals surface area contributed by atoms with E-state index in [0.29, 0.717) is 41.2 Å². The van der Waals surface area contributed by atoms with Gasteiger partial charge in [-0.25, -0.2) is 14.8 Å². The first kappa shape index (κ1) is 14.3. The van der Waals surface area contributed by atoms with Crippen molar-refractivity contribution in [2.24, 2.45) is 0 Å². The molecule has 6 nitrogen and oxygen atoms in total. The molecule has 0 aliphatic carbocycles. The van der Waals surface area contributed by atoms with Crippen LogP contribution in [0.3, 0.4) is 0 Å². The van der Waals surface area contributed by atoms with Crippen molar-refractivity contribution in [1.29, 1.82) is 0 Å². The first-order valence-corrected chi connectivity index (χ1v) is 7.31. The summed E-state index contributed by atoms with van der Waals surface area (Å²) in [4.78, 5) is 20.2. The molecule has 0 aliphatic rings. The van der Waals surface area contributed by atoms with Crippen LogP contribution in [0.5, 0.6) is 0 Å². The van der Waals surface area contributed by atoms with Gasteiger partial charge in [0.05, 0.1) is 0 Å². The minimum Gasteiger partial charge on any atom is -0.480 e. The number of fused-ring (bicyclic) bond motifs is 3. The van der Waals surface area contributed by atoms with E-state index in [1.54, 1.807) is 0 Å². The van der Waals surface area contributed by atoms with E-state index in [0.717, 1.165) is 5.39 Å². The predicted octanol–water partition coefficient (Wildman–Crippen LogP) is 3.21. The number of hydrogen-bond acceptors (Lipinski definition) is 5. The van der Waals surface area contributed by atoms with Gasteiger partial charge in [0.15, 0.2) is 11.4 Å². The first-order valence-electron chi connectivity index (χ1n) is 7.31. The Morgan fingerprint density at radius 3 is 2.77 bits per heavy atom. The molecule has 6 heteroatoms. The lowest BCUT2D eigenvalue weighted by Gasteiger charge is -2.13. The standard InChI is InChI=1S/C16H17N3O3/c1-3-10(16(20)21)17-15-14-13(18-12(4-2)19-15)9-7-5-6-8-11(9)22-14/h5-8,10H,3-4H2,1-2H3,(H,20,21)(H,17,18,19). The highest BCUT2D eigenvalue weighted by Gasteiger charge is 2.20. The summed E-state index contributed by atoms with van der Waals surface area (Å²) in [5.41, 5.74) is 1.93. The van der Waals surface area contributed by atoms with Crippen molar-refractivity contribution in [1.82, 2.24) is 9.97 Å². The van der Waals surface area contributed by atoms with E-state index < -0.39 is 12.0 Å². The Labute approximate surface area is 127 Å². The number of carbonyl (C=O) groups is 1. The normalized spacial score (nSPS) is 12.6. The number of carboxylic acid groups (broad SMARTS) is 1. The zero-order valence-corrected chi connectivity index (χ0v) is 12.5. The molecule has 1 unspecified atom stereocenters. The summed E-state index contributed by atoms with van der Waals surface area (Å²) in [6.07, 6.45) is 1.11. The summed E-state index contributed by atoms with van der Waals surface area (Å²) in [5, 5.41) is 13.1. The number of hydrogen-bond donors (Lipinski definition) is 2. The number of nitrogens with one attached hydrogen (secondary N) is 1. The van der Waals surface area contributed by atoms with Crippen LogP contribution in [-0.4, -0.2) is 27.1 Å². The van der Waals surface area contributed by atoms with E-state index in [9.17, 15) is 9.90 Å². The van der Waals surface area contributed by atoms with Crippen molar-refractivity contribution in [3.8, 4) is 0 Å². The third-order valence-corrected chi connectivity index (χ3v) is 3.60. The zero-order valence-electron chi connectivity index (χ0n) is 12.5. The fourth-order valence-electron chi connectivity index (χ4n) is 2.40. The van der Waals surface area contributed by atoms with Gasteiger partial charge in [0.2, 0.25) is 0 Å². The van der Waals surface area contributed by atoms with Gasteiger partial charge < -0.3 is 14.8 Å². The molecule has 2 heterocycles. The number of aliphatic carboxylic acids is 1. The molecular weight excluding hydrogens is 282 g/mol. The van der Waals surface area contributed by atoms with Crippen LogP contribution in [0, 0.1) is 0 Å². The Morgan fingerprint density at radius 2 is 2.09 bits per heavy atom. The Bertz CT molecular complexity index is 841. The summed E-state index contributed by atoms with van der Waals surface area (Å²) in [6, 6.07) is 6.89. The van der Waals surface area contributed by atoms with Gasteiger partial charge in [-0.15, -0.1) is 0 Å². The lowest BCUT2D eigenvalue weighted by Crippen LogP contribution is -2.29. The van der Waals surface area contributed by atoms with Gasteiger partial charge >= 0.3 is 5.97 Å². The lowest BCUT2D eigenvalue weighted by atomic mass is 10.2. The zero-order chi connectivity index (χ0) is 15.7. The minimum absolute atomic E-state index is 0.437. The summed E-state index contributed by atoms with van der Waals surface area (Å²) < 4.78 is 5.83. The van der Waals surface area contributed by atoms with Gasteiger partial charge in [-0.05, 0) is 18.6 Å². The molecular formula is C16H17N3O3. The highest BCUT2D eigenvalue weighted by molar-refractivity contribution is 6.05. The number of furan rings is 1. The van der Waals surface area contributed by atoms with Gasteiger partial charge in [0.25, 0.3) is 0 Å². The van der Waals surface area contributed by atoms with E-state index in [2.05, 4.69) is 15.3 Å². The Morgan fingerprint density at radius 1 is 1.32 bits per heavy atom. The maximum absolute atomic E-state index is 11.3. The van der Waals surface area contributed by atoms with Crippen LogP contribution >= 0.6 is 0 Å². The Balaban J connectivity index is 2.21. The topological polar surface area (TPSA) is 88.2 Å². The summed E-state index contributed by atoms with van der Waals surface area (Å²) in [5.74, 6) is 0.178. The summed E-state index contributed by atoms with van der Waals surface area (Å²) in [6.45, 7) is 3.77. The molecule has 0 amide bonds. The Hall–Kier alpha value is -2.63. The number of rotatable bonds is 5. The second-order valence-electron chi connectivity index (χ2n) is 5.06. The van der Waals surface area contributed by atoms with Crippen LogP contribution < -0.4 is 5.32 Å². The van der Waals surface area contributed by atoms with E-state index in [-0.39, 0.29) is 0 Å². The highest BCUT2D eigenvalue weighted by Crippen LogP contribution is 2.31. The molecule has 3 rings (SSSR count). The fourth-order valence-corrected chi connectivity index (χ4v) is 2.40. The fraction of sp³-hybridized carbons (Fsp3) is 0.312. The van der Waals surface area contributed by atoms with E-state index in [4.69, 9.17) is 4.42 Å². The predicted molar refractivity (Wildman–Crippen MR) is 84.0 cm³/mol. The second kappa shape index (κ2) is 5.63. The smallest absolute Gasteiger partial charge is 0.326 e. The maximum Gasteiger partial charge on any atom is 0.326 e. The van der Waals surface area contributed by atoms with Crippen molar-refractivity contribution >= 4 is 33.9 Å². The molecule has 1 atom stereocenters. The molecule has 0 saturated carbocycles. The van der Waals surface area contributed by atoms with Crippen LogP contribution in [-0.2, 0) is 11.2 Å². The highest BCUT2D eigenvalue weighted by atomic mass is 16.4. The number of anilines is 1. The Kier molecular flexibility index (Phi) is 3.66. The molecule has 22 heavy (non-hydrogen) atoms. The van der Waals surface area contributed by atoms with Gasteiger partial charge in [-0.2, -0.15) is 0 Å². The lowest BCUT2D eigenvalue weighted by molar-refractivity contribution is -0.137. The largest absolute Gasteiger partial charge is 0.480 e. The van der Waals surface area contributed by atoms with Gasteiger partial charge in [-0.1, -0.05) is 26.0 Å². The average molecular weight is 299 g/mol. The molecule has 0 aliphatic heterocycles. The third-order valence-electron chi connectivity index (χ3n) is 3.60. The number of nitrogens with zero attached hydrogens (tertiary/aromatic N) is 2. The van der Waals surface area contributed by atoms with Crippen molar-refractivity contribution < 1.29 is 14.3 Å². The number of carboxylic acids is 1. The van der Waals surface area contributed by atoms with Crippen LogP contribution in [0.15, 0.2) is 28.7 Å². The van der Waals surface area contributed by atoms with Crippen molar-refractivity contribution in [3.05, 3.63) is 30.1 Å². The molecule has 1 aromatic carbocycles. The summed E-state index contributed by atoms with van der Waals surface area (Å²) in [7, 11) is 0. The molecule has 0 spiro atoms. The third kappa shape index (κ3) is 2.36. The monoisotopic (exact) mass is 299 g/mol. The van der Waals surface area contributed by atoms with E-state index in [1.807, 2.05) is 38.1 Å². The van der Waals surface area contributed by atoms with Gasteiger partial charge in [0, 0.05) is 11.8 Å². The SMILES string of the molecule is CCc1nc(NC(CC)C(=O)O)c2oc3ccccc3c2n1. The molecule has 2 N–H and O–H groups in total. The van der Waals surface area contributed by atoms with Gasteiger partial charge in [0.1, 0.15) is 23.0 Å². The van der Waals surface area contributed by atoms with Crippen LogP contribution in [0.25, 0.3) is 22.1 Å². The molecule has 2 aromatic heterocycles. The van der Waals surface area contributed by atoms with Crippen molar-refractivity contribution in [2.45, 2.75) is 32.7 Å². The van der Waals surface area contributed by atoms with Crippen molar-refractivity contribution in [2.75, 3.05) is 5.32 Å². The second-order valence-corrected chi connectivity index (χ2v) is 5.06. The minimum atomic E-state index is -0.913. The van der Waals surface area contributed by atoms with Crippen molar-refractivity contribution in [3.63, 3.8) is 0 Å². The number of para-hydroxylation sites is 1. The molecule has 114 valence electrons. The number of aromatic nitrogens is 2. The molecule has 3 aromatic rings. The first-order chi connectivity index (χ1) is 10.6. The molecule has 0 saturated heterocycles. The van der Waals surface area contributed by atoms with Crippen LogP contribution in [0.2, 0.25) is 0 Å². The quantitative estimate of drug-likeness (QED) is 0.752. The van der Waals surface area contributed by atoms with Gasteiger partial charge in [-0.3, -0.25) is 0 Å². The molecule has 0 radical (unpaired) electrons. The molecule has 0 fully saturated rings. The summed E-state index contributed by atoms with van der Waals surface area (Å²) >= 11 is 0. The van der Waals surface area contributed by atoms with E-state index >= 15 is 0 Å².